The number of aliphatic hydroxyl groups excluding tert-OH is 1. The Bertz CT molecular complexity index is 788. The predicted molar refractivity (Wildman–Crippen MR) is 125 cm³/mol. The zero-order valence-corrected chi connectivity index (χ0v) is 19.3. The van der Waals surface area contributed by atoms with Crippen molar-refractivity contribution in [2.75, 3.05) is 13.7 Å². The lowest BCUT2D eigenvalue weighted by Crippen LogP contribution is -2.55. The zero-order chi connectivity index (χ0) is 22.8. The molecule has 2 rings (SSSR count). The van der Waals surface area contributed by atoms with E-state index in [1.165, 1.54) is 0 Å². The number of nitrogens with zero attached hydrogens (tertiary/aromatic N) is 1. The van der Waals surface area contributed by atoms with Crippen LogP contribution < -0.4 is 15.4 Å². The van der Waals surface area contributed by atoms with Gasteiger partial charge in [0.15, 0.2) is 0 Å². The van der Waals surface area contributed by atoms with E-state index in [-0.39, 0.29) is 18.1 Å². The number of amides is 2. The average Bonchev–Trinajstić information content (AvgIpc) is 2.73. The lowest BCUT2D eigenvalue weighted by atomic mass is 10.0. The van der Waals surface area contributed by atoms with E-state index in [9.17, 15) is 9.90 Å². The molecule has 0 aliphatic rings. The highest BCUT2D eigenvalue weighted by Gasteiger charge is 2.26. The molecule has 2 aromatic carbocycles. The summed E-state index contributed by atoms with van der Waals surface area (Å²) in [5.41, 5.74) is 2.14. The van der Waals surface area contributed by atoms with Gasteiger partial charge in [0.2, 0.25) is 0 Å². The van der Waals surface area contributed by atoms with Gasteiger partial charge in [0.1, 0.15) is 5.75 Å². The molecule has 0 radical (unpaired) electrons. The molecule has 0 unspecified atom stereocenters. The first-order valence-corrected chi connectivity index (χ1v) is 11.0. The van der Waals surface area contributed by atoms with Gasteiger partial charge in [-0.25, -0.2) is 4.79 Å². The maximum absolute atomic E-state index is 13.0. The zero-order valence-electron chi connectivity index (χ0n) is 19.3. The van der Waals surface area contributed by atoms with E-state index < -0.39 is 12.1 Å². The number of nitrogens with one attached hydrogen (secondary N) is 2. The molecule has 0 spiro atoms. The van der Waals surface area contributed by atoms with Crippen molar-refractivity contribution in [3.05, 3.63) is 65.7 Å². The van der Waals surface area contributed by atoms with Crippen LogP contribution in [0.3, 0.4) is 0 Å². The van der Waals surface area contributed by atoms with Crippen molar-refractivity contribution < 1.29 is 14.6 Å². The fourth-order valence-electron chi connectivity index (χ4n) is 3.74. The molecule has 0 fully saturated rings. The first-order valence-electron chi connectivity index (χ1n) is 11.0. The van der Waals surface area contributed by atoms with Crippen LogP contribution in [0.25, 0.3) is 0 Å². The third-order valence-electron chi connectivity index (χ3n) is 5.24. The van der Waals surface area contributed by atoms with Gasteiger partial charge in [0, 0.05) is 25.2 Å². The minimum atomic E-state index is -0.740. The summed E-state index contributed by atoms with van der Waals surface area (Å²) in [5.74, 6) is 0.802. The maximum Gasteiger partial charge on any atom is 0.318 e. The molecule has 6 nitrogen and oxygen atoms in total. The molecule has 170 valence electrons. The Balaban J connectivity index is 2.04. The van der Waals surface area contributed by atoms with Crippen molar-refractivity contribution in [2.45, 2.75) is 64.9 Å². The van der Waals surface area contributed by atoms with Crippen molar-refractivity contribution in [2.24, 2.45) is 0 Å². The number of hydrogen-bond acceptors (Lipinski definition) is 4. The lowest BCUT2D eigenvalue weighted by molar-refractivity contribution is 0.112. The number of hydrogen-bond donors (Lipinski definition) is 3. The highest BCUT2D eigenvalue weighted by molar-refractivity contribution is 5.75. The van der Waals surface area contributed by atoms with Crippen LogP contribution in [0, 0.1) is 0 Å². The van der Waals surface area contributed by atoms with Gasteiger partial charge >= 0.3 is 6.03 Å². The molecule has 31 heavy (non-hydrogen) atoms. The molecule has 0 aliphatic carbocycles. The van der Waals surface area contributed by atoms with Crippen molar-refractivity contribution in [3.8, 4) is 5.75 Å². The Morgan fingerprint density at radius 3 is 2.26 bits per heavy atom. The van der Waals surface area contributed by atoms with E-state index in [4.69, 9.17) is 4.74 Å². The number of benzene rings is 2. The van der Waals surface area contributed by atoms with Gasteiger partial charge in [0.05, 0.1) is 19.3 Å². The summed E-state index contributed by atoms with van der Waals surface area (Å²) in [4.78, 5) is 14.8. The second-order valence-electron chi connectivity index (χ2n) is 8.39. The van der Waals surface area contributed by atoms with Crippen LogP contribution >= 0.6 is 0 Å². The molecule has 0 bridgehead atoms. The molecule has 2 aromatic rings. The van der Waals surface area contributed by atoms with E-state index >= 15 is 0 Å². The minimum Gasteiger partial charge on any atom is -0.497 e. The van der Waals surface area contributed by atoms with Gasteiger partial charge in [-0.2, -0.15) is 0 Å². The summed E-state index contributed by atoms with van der Waals surface area (Å²) in [5, 5.41) is 17.3. The maximum atomic E-state index is 13.0. The van der Waals surface area contributed by atoms with Crippen molar-refractivity contribution in [1.82, 2.24) is 15.5 Å². The molecule has 2 amide bonds. The van der Waals surface area contributed by atoms with E-state index in [0.717, 1.165) is 16.9 Å². The highest BCUT2D eigenvalue weighted by Crippen LogP contribution is 2.13. The second-order valence-corrected chi connectivity index (χ2v) is 8.39. The van der Waals surface area contributed by atoms with Crippen molar-refractivity contribution in [1.29, 1.82) is 0 Å². The molecular weight excluding hydrogens is 390 g/mol. The Hall–Kier alpha value is -2.57. The summed E-state index contributed by atoms with van der Waals surface area (Å²) in [6, 6.07) is 17.3. The Morgan fingerprint density at radius 1 is 1.00 bits per heavy atom. The summed E-state index contributed by atoms with van der Waals surface area (Å²) in [6.45, 7) is 8.95. The molecular formula is C25H37N3O3. The summed E-state index contributed by atoms with van der Waals surface area (Å²) in [6.07, 6.45) is -0.186. The SMILES string of the molecule is COc1cccc(CNC[C@@H](O)[C@H](Cc2ccccc2)NC(=O)N(C(C)C)C(C)C)c1. The number of rotatable bonds is 11. The van der Waals surface area contributed by atoms with Crippen LogP contribution in [-0.4, -0.2) is 53.9 Å². The normalized spacial score (nSPS) is 13.2. The topological polar surface area (TPSA) is 73.8 Å². The molecule has 6 heteroatoms. The van der Waals surface area contributed by atoms with Crippen LogP contribution in [0.4, 0.5) is 4.79 Å². The Morgan fingerprint density at radius 2 is 1.65 bits per heavy atom. The van der Waals surface area contributed by atoms with Crippen LogP contribution in [0.2, 0.25) is 0 Å². The smallest absolute Gasteiger partial charge is 0.318 e. The Labute approximate surface area is 186 Å². The lowest BCUT2D eigenvalue weighted by Gasteiger charge is -2.34. The molecule has 0 saturated heterocycles. The summed E-state index contributed by atoms with van der Waals surface area (Å²) < 4.78 is 5.26. The largest absolute Gasteiger partial charge is 0.497 e. The number of urea groups is 1. The van der Waals surface area contributed by atoms with Gasteiger partial charge in [-0.15, -0.1) is 0 Å². The van der Waals surface area contributed by atoms with Crippen LogP contribution in [-0.2, 0) is 13.0 Å². The van der Waals surface area contributed by atoms with Crippen LogP contribution in [0.1, 0.15) is 38.8 Å². The number of carbonyl (C=O) groups is 1. The second kappa shape index (κ2) is 12.3. The molecule has 0 aliphatic heterocycles. The fraction of sp³-hybridized carbons (Fsp3) is 0.480. The third kappa shape index (κ3) is 7.89. The van der Waals surface area contributed by atoms with E-state index in [0.29, 0.717) is 19.5 Å². The van der Waals surface area contributed by atoms with Crippen LogP contribution in [0.5, 0.6) is 5.75 Å². The highest BCUT2D eigenvalue weighted by atomic mass is 16.5. The quantitative estimate of drug-likeness (QED) is 0.512. The van der Waals surface area contributed by atoms with Gasteiger partial charge in [-0.3, -0.25) is 0 Å². The van der Waals surface area contributed by atoms with Crippen molar-refractivity contribution >= 4 is 6.03 Å². The average molecular weight is 428 g/mol. The van der Waals surface area contributed by atoms with Gasteiger partial charge < -0.3 is 25.4 Å². The number of aliphatic hydroxyl groups is 1. The molecule has 2 atom stereocenters. The Kier molecular flexibility index (Phi) is 9.82. The molecule has 0 heterocycles. The minimum absolute atomic E-state index is 0.0701. The first kappa shape index (κ1) is 24.7. The molecule has 3 N–H and O–H groups in total. The van der Waals surface area contributed by atoms with E-state index in [2.05, 4.69) is 10.6 Å². The number of carbonyl (C=O) groups excluding carboxylic acids is 1. The number of methoxy groups -OCH3 is 1. The van der Waals surface area contributed by atoms with Gasteiger partial charge in [-0.05, 0) is 57.4 Å². The first-order chi connectivity index (χ1) is 14.8. The van der Waals surface area contributed by atoms with E-state index in [1.807, 2.05) is 82.3 Å². The fourth-order valence-corrected chi connectivity index (χ4v) is 3.74. The van der Waals surface area contributed by atoms with Gasteiger partial charge in [0.25, 0.3) is 0 Å². The molecule has 0 aromatic heterocycles. The third-order valence-corrected chi connectivity index (χ3v) is 5.24. The number of ether oxygens (including phenoxy) is 1. The summed E-state index contributed by atoms with van der Waals surface area (Å²) in [7, 11) is 1.64. The van der Waals surface area contributed by atoms with Crippen LogP contribution in [0.15, 0.2) is 54.6 Å². The van der Waals surface area contributed by atoms with Crippen molar-refractivity contribution in [3.63, 3.8) is 0 Å². The molecule has 0 saturated carbocycles. The van der Waals surface area contributed by atoms with E-state index in [1.54, 1.807) is 12.0 Å². The van der Waals surface area contributed by atoms with Gasteiger partial charge in [-0.1, -0.05) is 42.5 Å². The predicted octanol–water partition coefficient (Wildman–Crippen LogP) is 3.59. The monoisotopic (exact) mass is 427 g/mol. The standard InChI is InChI=1S/C25H37N3O3/c1-18(2)28(19(3)4)25(30)27-23(15-20-10-7-6-8-11-20)24(29)17-26-16-21-12-9-13-22(14-21)31-5/h6-14,18-19,23-24,26,29H,15-17H2,1-5H3,(H,27,30)/t23-,24+/m0/s1. The summed E-state index contributed by atoms with van der Waals surface area (Å²) >= 11 is 0.